The second-order valence-electron chi connectivity index (χ2n) is 9.01. The van der Waals surface area contributed by atoms with Crippen molar-refractivity contribution < 1.29 is 28.7 Å². The van der Waals surface area contributed by atoms with E-state index in [1.807, 2.05) is 42.5 Å². The van der Waals surface area contributed by atoms with Crippen LogP contribution in [0.25, 0.3) is 0 Å². The summed E-state index contributed by atoms with van der Waals surface area (Å²) in [5, 5.41) is 0. The summed E-state index contributed by atoms with van der Waals surface area (Å²) in [6, 6.07) is 14.5. The quantitative estimate of drug-likeness (QED) is 0.261. The summed E-state index contributed by atoms with van der Waals surface area (Å²) in [7, 11) is 1.53. The maximum atomic E-state index is 13.3. The van der Waals surface area contributed by atoms with Crippen molar-refractivity contribution >= 4 is 23.6 Å². The number of ketones is 1. The summed E-state index contributed by atoms with van der Waals surface area (Å²) >= 11 is 0. The molecule has 0 radical (unpaired) electrons. The van der Waals surface area contributed by atoms with Crippen LogP contribution in [-0.4, -0.2) is 48.2 Å². The van der Waals surface area contributed by atoms with Gasteiger partial charge in [-0.1, -0.05) is 42.5 Å². The number of benzene rings is 2. The molecular formula is C27H25NO6. The molecule has 3 aliphatic rings. The Morgan fingerprint density at radius 3 is 2.15 bits per heavy atom. The zero-order chi connectivity index (χ0) is 23.8. The third-order valence-electron chi connectivity index (χ3n) is 7.12. The molecule has 2 aliphatic carbocycles. The molecule has 1 saturated heterocycles. The molecule has 0 spiro atoms. The van der Waals surface area contributed by atoms with Crippen LogP contribution < -0.4 is 4.74 Å². The zero-order valence-corrected chi connectivity index (χ0v) is 18.8. The predicted octanol–water partition coefficient (Wildman–Crippen LogP) is 2.84. The van der Waals surface area contributed by atoms with Crippen LogP contribution in [0.5, 0.6) is 5.75 Å². The first-order valence-corrected chi connectivity index (χ1v) is 11.4. The van der Waals surface area contributed by atoms with Crippen molar-refractivity contribution in [1.82, 2.24) is 4.90 Å². The smallest absolute Gasteiger partial charge is 0.330 e. The Kier molecular flexibility index (Phi) is 5.77. The highest BCUT2D eigenvalue weighted by atomic mass is 16.5. The van der Waals surface area contributed by atoms with Crippen LogP contribution in [0.2, 0.25) is 0 Å². The van der Waals surface area contributed by atoms with E-state index in [2.05, 4.69) is 0 Å². The van der Waals surface area contributed by atoms with Gasteiger partial charge in [0.2, 0.25) is 11.8 Å². The summed E-state index contributed by atoms with van der Waals surface area (Å²) in [5.41, 5.74) is 1.17. The maximum Gasteiger partial charge on any atom is 0.330 e. The fraction of sp³-hybridized carbons (Fsp3) is 0.333. The number of imide groups is 1. The van der Waals surface area contributed by atoms with Crippen LogP contribution in [0, 0.1) is 23.7 Å². The summed E-state index contributed by atoms with van der Waals surface area (Å²) in [6.07, 6.45) is 4.97. The number of amides is 2. The summed E-state index contributed by atoms with van der Waals surface area (Å²) in [6.45, 7) is -0.480. The van der Waals surface area contributed by atoms with Crippen molar-refractivity contribution in [2.75, 3.05) is 13.7 Å². The van der Waals surface area contributed by atoms with E-state index in [4.69, 9.17) is 9.47 Å². The lowest BCUT2D eigenvalue weighted by Crippen LogP contribution is -2.48. The molecule has 0 aromatic heterocycles. The number of nitrogens with zero attached hydrogens (tertiary/aromatic N) is 1. The van der Waals surface area contributed by atoms with Crippen LogP contribution in [-0.2, 0) is 25.5 Å². The maximum absolute atomic E-state index is 13.3. The molecule has 2 bridgehead atoms. The molecule has 1 aliphatic heterocycles. The molecular weight excluding hydrogens is 434 g/mol. The fourth-order valence-electron chi connectivity index (χ4n) is 5.44. The molecule has 2 aromatic rings. The van der Waals surface area contributed by atoms with Crippen molar-refractivity contribution in [3.05, 3.63) is 77.9 Å². The molecule has 1 heterocycles. The molecule has 1 saturated carbocycles. The largest absolute Gasteiger partial charge is 0.497 e. The van der Waals surface area contributed by atoms with E-state index in [1.54, 1.807) is 24.3 Å². The highest BCUT2D eigenvalue weighted by Crippen LogP contribution is 2.53. The summed E-state index contributed by atoms with van der Waals surface area (Å²) in [4.78, 5) is 53.5. The number of methoxy groups -OCH3 is 1. The third-order valence-corrected chi connectivity index (χ3v) is 7.12. The minimum Gasteiger partial charge on any atom is -0.497 e. The number of allylic oxidation sites excluding steroid dienone is 2. The van der Waals surface area contributed by atoms with Crippen LogP contribution in [0.3, 0.4) is 0 Å². The number of rotatable bonds is 8. The molecule has 2 amide bonds. The Morgan fingerprint density at radius 2 is 1.56 bits per heavy atom. The van der Waals surface area contributed by atoms with Gasteiger partial charge in [0.05, 0.1) is 18.9 Å². The zero-order valence-electron chi connectivity index (χ0n) is 18.8. The SMILES string of the molecule is COc1ccc(C(=O)COC(=O)[C@H](Cc2ccccc2)N2C(=O)[C@H]3[C@H](C2=O)[C@H]2C=C[C@H]3C2)cc1. The normalized spacial score (nSPS) is 25.4. The van der Waals surface area contributed by atoms with Gasteiger partial charge < -0.3 is 9.47 Å². The molecule has 5 rings (SSSR count). The molecule has 7 heteroatoms. The second-order valence-corrected chi connectivity index (χ2v) is 9.01. The number of Topliss-reactive ketones (excluding diaryl/α,β-unsaturated/α-hetero) is 1. The van der Waals surface area contributed by atoms with Gasteiger partial charge in [0.1, 0.15) is 11.8 Å². The molecule has 0 N–H and O–H groups in total. The summed E-state index contributed by atoms with van der Waals surface area (Å²) in [5.74, 6) is -1.89. The van der Waals surface area contributed by atoms with Crippen LogP contribution in [0.15, 0.2) is 66.7 Å². The van der Waals surface area contributed by atoms with Gasteiger partial charge in [0, 0.05) is 12.0 Å². The molecule has 34 heavy (non-hydrogen) atoms. The van der Waals surface area contributed by atoms with E-state index < -0.39 is 30.5 Å². The molecule has 5 atom stereocenters. The number of ether oxygens (including phenoxy) is 2. The van der Waals surface area contributed by atoms with Crippen molar-refractivity contribution in [2.24, 2.45) is 23.7 Å². The number of fused-ring (bicyclic) bond motifs is 5. The highest BCUT2D eigenvalue weighted by molar-refractivity contribution is 6.09. The lowest BCUT2D eigenvalue weighted by Gasteiger charge is -2.26. The third kappa shape index (κ3) is 3.81. The topological polar surface area (TPSA) is 90.0 Å². The molecule has 0 unspecified atom stereocenters. The standard InChI is InChI=1S/C27H25NO6/c1-33-20-11-9-17(10-12-20)22(29)15-34-27(32)21(13-16-5-3-2-4-6-16)28-25(30)23-18-7-8-19(14-18)24(23)26(28)31/h2-12,18-19,21,23-24H,13-15H2,1H3/t18-,19-,21-,23+,24+/m0/s1. The van der Waals surface area contributed by atoms with Crippen molar-refractivity contribution in [3.63, 3.8) is 0 Å². The second kappa shape index (κ2) is 8.89. The first-order chi connectivity index (χ1) is 16.5. The Bertz CT molecular complexity index is 1130. The van der Waals surface area contributed by atoms with Gasteiger partial charge in [-0.25, -0.2) is 4.79 Å². The van der Waals surface area contributed by atoms with E-state index in [0.717, 1.165) is 16.9 Å². The van der Waals surface area contributed by atoms with Crippen molar-refractivity contribution in [1.29, 1.82) is 0 Å². The van der Waals surface area contributed by atoms with Gasteiger partial charge in [-0.2, -0.15) is 0 Å². The summed E-state index contributed by atoms with van der Waals surface area (Å²) < 4.78 is 10.5. The minimum absolute atomic E-state index is 0.0431. The van der Waals surface area contributed by atoms with Crippen molar-refractivity contribution in [3.8, 4) is 5.75 Å². The number of carbonyl (C=O) groups is 4. The van der Waals surface area contributed by atoms with Gasteiger partial charge in [-0.15, -0.1) is 0 Å². The number of esters is 1. The predicted molar refractivity (Wildman–Crippen MR) is 122 cm³/mol. The van der Waals surface area contributed by atoms with Gasteiger partial charge in [-0.3, -0.25) is 19.3 Å². The first-order valence-electron chi connectivity index (χ1n) is 11.4. The molecule has 2 aromatic carbocycles. The van der Waals surface area contributed by atoms with Crippen LogP contribution in [0.1, 0.15) is 22.3 Å². The van der Waals surface area contributed by atoms with E-state index >= 15 is 0 Å². The Balaban J connectivity index is 1.34. The highest BCUT2D eigenvalue weighted by Gasteiger charge is 2.61. The van der Waals surface area contributed by atoms with Gasteiger partial charge in [0.25, 0.3) is 0 Å². The average molecular weight is 459 g/mol. The van der Waals surface area contributed by atoms with Crippen molar-refractivity contribution in [2.45, 2.75) is 18.9 Å². The Hall–Kier alpha value is -3.74. The monoisotopic (exact) mass is 459 g/mol. The van der Waals surface area contributed by atoms with Gasteiger partial charge >= 0.3 is 5.97 Å². The van der Waals surface area contributed by atoms with E-state index in [1.165, 1.54) is 7.11 Å². The van der Waals surface area contributed by atoms with E-state index in [0.29, 0.717) is 11.3 Å². The first kappa shape index (κ1) is 22.1. The lowest BCUT2D eigenvalue weighted by molar-refractivity contribution is -0.158. The molecule has 174 valence electrons. The van der Waals surface area contributed by atoms with E-state index in [-0.39, 0.29) is 35.9 Å². The Morgan fingerprint density at radius 1 is 0.941 bits per heavy atom. The molecule has 7 nitrogen and oxygen atoms in total. The van der Waals surface area contributed by atoms with Crippen LogP contribution >= 0.6 is 0 Å². The lowest BCUT2D eigenvalue weighted by atomic mass is 9.85. The number of likely N-dealkylation sites (tertiary alicyclic amines) is 1. The van der Waals surface area contributed by atoms with Gasteiger partial charge in [0.15, 0.2) is 12.4 Å². The number of hydrogen-bond acceptors (Lipinski definition) is 6. The molecule has 2 fully saturated rings. The van der Waals surface area contributed by atoms with Crippen LogP contribution in [0.4, 0.5) is 0 Å². The number of hydrogen-bond donors (Lipinski definition) is 0. The minimum atomic E-state index is -1.11. The van der Waals surface area contributed by atoms with E-state index in [9.17, 15) is 19.2 Å². The Labute approximate surface area is 197 Å². The number of carbonyl (C=O) groups excluding carboxylic acids is 4. The van der Waals surface area contributed by atoms with Gasteiger partial charge in [-0.05, 0) is 48.1 Å². The average Bonchev–Trinajstić information content (AvgIpc) is 3.55. The fourth-order valence-corrected chi connectivity index (χ4v) is 5.44.